The van der Waals surface area contributed by atoms with E-state index in [0.29, 0.717) is 10.7 Å². The van der Waals surface area contributed by atoms with Crippen molar-refractivity contribution < 1.29 is 18.3 Å². The van der Waals surface area contributed by atoms with Gasteiger partial charge in [0.05, 0.1) is 10.6 Å². The third-order valence-corrected chi connectivity index (χ3v) is 5.95. The summed E-state index contributed by atoms with van der Waals surface area (Å²) < 4.78 is 25.5. The van der Waals surface area contributed by atoms with Gasteiger partial charge in [-0.3, -0.25) is 4.79 Å². The topological polar surface area (TPSA) is 83.5 Å². The van der Waals surface area contributed by atoms with Crippen molar-refractivity contribution >= 4 is 49.0 Å². The Labute approximate surface area is 153 Å². The molecule has 0 aliphatic carbocycles. The van der Waals surface area contributed by atoms with Gasteiger partial charge in [-0.05, 0) is 55.5 Å². The van der Waals surface area contributed by atoms with Crippen LogP contribution in [-0.4, -0.2) is 30.8 Å². The van der Waals surface area contributed by atoms with E-state index in [1.54, 1.807) is 36.4 Å². The molecule has 0 spiro atoms. The van der Waals surface area contributed by atoms with Crippen molar-refractivity contribution in [3.05, 3.63) is 58.0 Å². The van der Waals surface area contributed by atoms with Crippen LogP contribution < -0.4 is 5.32 Å². The Balaban J connectivity index is 2.15. The smallest absolute Gasteiger partial charge is 0.257 e. The van der Waals surface area contributed by atoms with Crippen LogP contribution in [0.25, 0.3) is 0 Å². The number of rotatable bonds is 5. The molecule has 8 heteroatoms. The van der Waals surface area contributed by atoms with E-state index in [9.17, 15) is 18.3 Å². The fraction of sp³-hybridized carbons (Fsp3) is 0.188. The number of sulfone groups is 1. The molecule has 0 radical (unpaired) electrons. The third-order valence-electron chi connectivity index (χ3n) is 3.24. The maximum atomic E-state index is 12.4. The van der Waals surface area contributed by atoms with Crippen molar-refractivity contribution in [1.29, 1.82) is 0 Å². The lowest BCUT2D eigenvalue weighted by Gasteiger charge is -2.22. The molecule has 2 rings (SSSR count). The first-order chi connectivity index (χ1) is 11.1. The summed E-state index contributed by atoms with van der Waals surface area (Å²) in [4.78, 5) is 12.2. The number of hydrogen-bond donors (Lipinski definition) is 2. The lowest BCUT2D eigenvalue weighted by molar-refractivity contribution is -0.130. The van der Waals surface area contributed by atoms with Crippen LogP contribution in [0.3, 0.4) is 0 Å². The van der Waals surface area contributed by atoms with Crippen molar-refractivity contribution in [3.63, 3.8) is 0 Å². The highest BCUT2D eigenvalue weighted by Gasteiger charge is 2.36. The molecule has 0 aliphatic rings. The molecule has 2 aromatic carbocycles. The molecule has 1 atom stereocenters. The van der Waals surface area contributed by atoms with Gasteiger partial charge in [0.1, 0.15) is 0 Å². The lowest BCUT2D eigenvalue weighted by atomic mass is 10.1. The van der Waals surface area contributed by atoms with Crippen LogP contribution in [0.1, 0.15) is 6.92 Å². The van der Waals surface area contributed by atoms with Crippen LogP contribution >= 0.6 is 27.5 Å². The summed E-state index contributed by atoms with van der Waals surface area (Å²) in [5.74, 6) is -1.55. The Morgan fingerprint density at radius 1 is 1.17 bits per heavy atom. The van der Waals surface area contributed by atoms with Crippen molar-refractivity contribution in [2.75, 3.05) is 11.1 Å². The lowest BCUT2D eigenvalue weighted by Crippen LogP contribution is -2.45. The third kappa shape index (κ3) is 4.80. The first kappa shape index (κ1) is 18.9. The zero-order chi connectivity index (χ0) is 18.0. The van der Waals surface area contributed by atoms with Crippen molar-refractivity contribution in [1.82, 2.24) is 0 Å². The SMILES string of the molecule is C[C@](O)(CS(=O)(=O)c1ccc(Br)cc1)C(=O)Nc1ccc(Cl)cc1. The van der Waals surface area contributed by atoms with Crippen LogP contribution in [-0.2, 0) is 14.6 Å². The van der Waals surface area contributed by atoms with Gasteiger partial charge in [0.2, 0.25) is 0 Å². The predicted molar refractivity (Wildman–Crippen MR) is 96.9 cm³/mol. The first-order valence-electron chi connectivity index (χ1n) is 6.88. The van der Waals surface area contributed by atoms with E-state index in [4.69, 9.17) is 11.6 Å². The van der Waals surface area contributed by atoms with Crippen molar-refractivity contribution in [3.8, 4) is 0 Å². The number of hydrogen-bond acceptors (Lipinski definition) is 4. The highest BCUT2D eigenvalue weighted by atomic mass is 79.9. The number of carbonyl (C=O) groups excluding carboxylic acids is 1. The maximum absolute atomic E-state index is 12.4. The molecule has 0 aromatic heterocycles. The number of halogens is 2. The Bertz CT molecular complexity index is 833. The van der Waals surface area contributed by atoms with Crippen molar-refractivity contribution in [2.24, 2.45) is 0 Å². The zero-order valence-corrected chi connectivity index (χ0v) is 15.8. The minimum atomic E-state index is -3.83. The average Bonchev–Trinajstić information content (AvgIpc) is 2.49. The van der Waals surface area contributed by atoms with Gasteiger partial charge in [0, 0.05) is 15.2 Å². The number of amides is 1. The summed E-state index contributed by atoms with van der Waals surface area (Å²) in [7, 11) is -3.83. The highest BCUT2D eigenvalue weighted by Crippen LogP contribution is 2.21. The van der Waals surface area contributed by atoms with Crippen LogP contribution in [0, 0.1) is 0 Å². The average molecular weight is 433 g/mol. The Morgan fingerprint density at radius 2 is 1.71 bits per heavy atom. The van der Waals surface area contributed by atoms with E-state index in [2.05, 4.69) is 21.2 Å². The van der Waals surface area contributed by atoms with Crippen LogP contribution in [0.2, 0.25) is 5.02 Å². The largest absolute Gasteiger partial charge is 0.379 e. The Kier molecular flexibility index (Phi) is 5.70. The molecule has 0 fully saturated rings. The molecule has 0 heterocycles. The van der Waals surface area contributed by atoms with Gasteiger partial charge in [-0.1, -0.05) is 27.5 Å². The van der Waals surface area contributed by atoms with E-state index in [-0.39, 0.29) is 4.90 Å². The second-order valence-corrected chi connectivity index (χ2v) is 8.79. The van der Waals surface area contributed by atoms with Crippen LogP contribution in [0.15, 0.2) is 57.9 Å². The summed E-state index contributed by atoms with van der Waals surface area (Å²) >= 11 is 8.98. The summed E-state index contributed by atoms with van der Waals surface area (Å²) in [6.45, 7) is 1.16. The molecule has 0 saturated heterocycles. The fourth-order valence-electron chi connectivity index (χ4n) is 1.96. The molecule has 0 saturated carbocycles. The Morgan fingerprint density at radius 3 is 2.25 bits per heavy atom. The van der Waals surface area contributed by atoms with E-state index >= 15 is 0 Å². The number of aliphatic hydroxyl groups is 1. The van der Waals surface area contributed by atoms with Gasteiger partial charge in [0.25, 0.3) is 5.91 Å². The Hall–Kier alpha value is -1.41. The van der Waals surface area contributed by atoms with Gasteiger partial charge in [0.15, 0.2) is 15.4 Å². The molecule has 1 amide bonds. The second-order valence-electron chi connectivity index (χ2n) is 5.45. The van der Waals surface area contributed by atoms with Crippen molar-refractivity contribution in [2.45, 2.75) is 17.4 Å². The van der Waals surface area contributed by atoms with Crippen LogP contribution in [0.4, 0.5) is 5.69 Å². The minimum absolute atomic E-state index is 0.0327. The van der Waals surface area contributed by atoms with Crippen LogP contribution in [0.5, 0.6) is 0 Å². The van der Waals surface area contributed by atoms with Gasteiger partial charge in [-0.2, -0.15) is 0 Å². The molecule has 0 unspecified atom stereocenters. The molecule has 0 aliphatic heterocycles. The molecular weight excluding hydrogens is 418 g/mol. The van der Waals surface area contributed by atoms with E-state index in [1.807, 2.05) is 0 Å². The summed E-state index contributed by atoms with van der Waals surface area (Å²) in [5, 5.41) is 13.3. The predicted octanol–water partition coefficient (Wildman–Crippen LogP) is 3.27. The molecule has 5 nitrogen and oxygen atoms in total. The standard InChI is InChI=1S/C16H15BrClNO4S/c1-16(21,15(20)19-13-6-4-12(18)5-7-13)10-24(22,23)14-8-2-11(17)3-9-14/h2-9,21H,10H2,1H3,(H,19,20)/t16-/m0/s1. The van der Waals surface area contributed by atoms with Gasteiger partial charge < -0.3 is 10.4 Å². The van der Waals surface area contributed by atoms with E-state index in [1.165, 1.54) is 12.1 Å². The number of anilines is 1. The number of nitrogens with one attached hydrogen (secondary N) is 1. The maximum Gasteiger partial charge on any atom is 0.257 e. The van der Waals surface area contributed by atoms with Gasteiger partial charge in [-0.25, -0.2) is 8.42 Å². The van der Waals surface area contributed by atoms with Gasteiger partial charge >= 0.3 is 0 Å². The first-order valence-corrected chi connectivity index (χ1v) is 9.70. The number of carbonyl (C=O) groups is 1. The van der Waals surface area contributed by atoms with E-state index < -0.39 is 27.1 Å². The summed E-state index contributed by atoms with van der Waals surface area (Å²) in [5.41, 5.74) is -1.68. The number of benzene rings is 2. The summed E-state index contributed by atoms with van der Waals surface area (Å²) in [6, 6.07) is 12.2. The normalized spacial score (nSPS) is 14.0. The second kappa shape index (κ2) is 7.23. The zero-order valence-electron chi connectivity index (χ0n) is 12.7. The summed E-state index contributed by atoms with van der Waals surface area (Å²) in [6.07, 6.45) is 0. The molecular formula is C16H15BrClNO4S. The monoisotopic (exact) mass is 431 g/mol. The van der Waals surface area contributed by atoms with Gasteiger partial charge in [-0.15, -0.1) is 0 Å². The quantitative estimate of drug-likeness (QED) is 0.759. The minimum Gasteiger partial charge on any atom is -0.379 e. The molecule has 128 valence electrons. The molecule has 2 N–H and O–H groups in total. The molecule has 2 aromatic rings. The fourth-order valence-corrected chi connectivity index (χ4v) is 3.94. The highest BCUT2D eigenvalue weighted by molar-refractivity contribution is 9.10. The van der Waals surface area contributed by atoms with E-state index in [0.717, 1.165) is 11.4 Å². The molecule has 0 bridgehead atoms. The molecule has 24 heavy (non-hydrogen) atoms.